The highest BCUT2D eigenvalue weighted by Crippen LogP contribution is 2.18. The van der Waals surface area contributed by atoms with Gasteiger partial charge in [-0.15, -0.1) is 0 Å². The molecule has 1 N–H and O–H groups in total. The van der Waals surface area contributed by atoms with Crippen molar-refractivity contribution in [1.82, 2.24) is 15.1 Å². The number of hydrogen-bond donors (Lipinski definition) is 1. The number of rotatable bonds is 5. The maximum absolute atomic E-state index is 5.36. The summed E-state index contributed by atoms with van der Waals surface area (Å²) >= 11 is 0. The van der Waals surface area contributed by atoms with Gasteiger partial charge in [-0.1, -0.05) is 24.3 Å². The first-order chi connectivity index (χ1) is 9.92. The predicted octanol–water partition coefficient (Wildman–Crippen LogP) is 2.34. The number of aryl methyl sites for hydroxylation is 1. The summed E-state index contributed by atoms with van der Waals surface area (Å²) in [5, 5.41) is 6.83. The molecule has 1 aromatic carbocycles. The van der Waals surface area contributed by atoms with E-state index >= 15 is 0 Å². The maximum Gasteiger partial charge on any atom is 0.0594 e. The lowest BCUT2D eigenvalue weighted by molar-refractivity contribution is 0.0375. The molecule has 0 bridgehead atoms. The van der Waals surface area contributed by atoms with E-state index in [0.29, 0.717) is 0 Å². The number of hydrogen-bond acceptors (Lipinski definition) is 3. The summed E-state index contributed by atoms with van der Waals surface area (Å²) in [7, 11) is 0. The van der Waals surface area contributed by atoms with Crippen LogP contribution in [0.15, 0.2) is 36.7 Å². The van der Waals surface area contributed by atoms with E-state index in [9.17, 15) is 0 Å². The van der Waals surface area contributed by atoms with Crippen molar-refractivity contribution in [3.8, 4) is 11.1 Å². The number of ether oxygens (including phenoxy) is 1. The molecule has 0 spiro atoms. The van der Waals surface area contributed by atoms with Gasteiger partial charge in [-0.05, 0) is 30.5 Å². The molecule has 2 heterocycles. The van der Waals surface area contributed by atoms with Crippen LogP contribution in [-0.4, -0.2) is 47.9 Å². The summed E-state index contributed by atoms with van der Waals surface area (Å²) in [6.07, 6.45) is 6.13. The van der Waals surface area contributed by atoms with Crippen LogP contribution >= 0.6 is 0 Å². The van der Waals surface area contributed by atoms with Crippen LogP contribution in [0.2, 0.25) is 0 Å². The summed E-state index contributed by atoms with van der Waals surface area (Å²) in [5.41, 5.74) is 3.77. The van der Waals surface area contributed by atoms with E-state index in [1.165, 1.54) is 24.1 Å². The van der Waals surface area contributed by atoms with Crippen LogP contribution in [0.3, 0.4) is 0 Å². The zero-order chi connectivity index (χ0) is 13.6. The molecule has 0 atom stereocenters. The molecule has 0 unspecified atom stereocenters. The summed E-state index contributed by atoms with van der Waals surface area (Å²) < 4.78 is 5.36. The minimum Gasteiger partial charge on any atom is -0.379 e. The molecule has 4 heteroatoms. The minimum absolute atomic E-state index is 0.888. The van der Waals surface area contributed by atoms with E-state index in [0.717, 1.165) is 38.3 Å². The standard InChI is InChI=1S/C16H21N3O/c1(7-19-8-10-20-11-9-19)2-14-3-5-15(6-4-14)16-12-17-18-13-16/h3-6,12-13H,1-2,7-11H2,(H,17,18). The van der Waals surface area contributed by atoms with Crippen molar-refractivity contribution in [3.63, 3.8) is 0 Å². The van der Waals surface area contributed by atoms with E-state index in [1.54, 1.807) is 0 Å². The summed E-state index contributed by atoms with van der Waals surface area (Å²) in [5.74, 6) is 0. The van der Waals surface area contributed by atoms with Crippen molar-refractivity contribution in [3.05, 3.63) is 42.2 Å². The zero-order valence-corrected chi connectivity index (χ0v) is 11.7. The molecule has 1 aliphatic rings. The third-order valence-corrected chi connectivity index (χ3v) is 3.83. The Bertz CT molecular complexity index is 501. The van der Waals surface area contributed by atoms with E-state index in [1.807, 2.05) is 12.4 Å². The van der Waals surface area contributed by atoms with E-state index in [4.69, 9.17) is 4.74 Å². The van der Waals surface area contributed by atoms with Crippen LogP contribution in [0.25, 0.3) is 11.1 Å². The van der Waals surface area contributed by atoms with Gasteiger partial charge in [0.1, 0.15) is 0 Å². The third-order valence-electron chi connectivity index (χ3n) is 3.83. The van der Waals surface area contributed by atoms with Crippen molar-refractivity contribution in [2.24, 2.45) is 0 Å². The van der Waals surface area contributed by atoms with Crippen molar-refractivity contribution in [2.45, 2.75) is 12.8 Å². The second kappa shape index (κ2) is 6.68. The molecule has 4 nitrogen and oxygen atoms in total. The van der Waals surface area contributed by atoms with Crippen LogP contribution in [0.1, 0.15) is 12.0 Å². The van der Waals surface area contributed by atoms with Crippen molar-refractivity contribution >= 4 is 0 Å². The smallest absolute Gasteiger partial charge is 0.0594 e. The Morgan fingerprint density at radius 3 is 2.60 bits per heavy atom. The second-order valence-electron chi connectivity index (χ2n) is 5.24. The molecular weight excluding hydrogens is 250 g/mol. The third kappa shape index (κ3) is 3.46. The topological polar surface area (TPSA) is 41.2 Å². The molecule has 1 saturated heterocycles. The first-order valence-electron chi connectivity index (χ1n) is 7.30. The molecule has 0 aliphatic carbocycles. The van der Waals surface area contributed by atoms with Gasteiger partial charge in [0.15, 0.2) is 0 Å². The largest absolute Gasteiger partial charge is 0.379 e. The highest BCUT2D eigenvalue weighted by atomic mass is 16.5. The van der Waals surface area contributed by atoms with Gasteiger partial charge in [-0.3, -0.25) is 10.00 Å². The van der Waals surface area contributed by atoms with Gasteiger partial charge >= 0.3 is 0 Å². The van der Waals surface area contributed by atoms with E-state index in [2.05, 4.69) is 39.4 Å². The molecular formula is C16H21N3O. The summed E-state index contributed by atoms with van der Waals surface area (Å²) in [6, 6.07) is 8.80. The van der Waals surface area contributed by atoms with Gasteiger partial charge in [-0.2, -0.15) is 5.10 Å². The Hall–Kier alpha value is -1.65. The Kier molecular flexibility index (Phi) is 4.46. The Morgan fingerprint density at radius 1 is 1.10 bits per heavy atom. The number of H-pyrrole nitrogens is 1. The monoisotopic (exact) mass is 271 g/mol. The van der Waals surface area contributed by atoms with Crippen molar-refractivity contribution in [2.75, 3.05) is 32.8 Å². The Balaban J connectivity index is 1.48. The molecule has 1 aromatic heterocycles. The Morgan fingerprint density at radius 2 is 1.90 bits per heavy atom. The molecule has 1 fully saturated rings. The molecule has 20 heavy (non-hydrogen) atoms. The fourth-order valence-electron chi connectivity index (χ4n) is 2.60. The van der Waals surface area contributed by atoms with Crippen molar-refractivity contribution < 1.29 is 4.74 Å². The van der Waals surface area contributed by atoms with Gasteiger partial charge in [0, 0.05) is 24.8 Å². The van der Waals surface area contributed by atoms with E-state index in [-0.39, 0.29) is 0 Å². The van der Waals surface area contributed by atoms with Crippen molar-refractivity contribution in [1.29, 1.82) is 0 Å². The first-order valence-corrected chi connectivity index (χ1v) is 7.30. The van der Waals surface area contributed by atoms with Crippen LogP contribution in [0.5, 0.6) is 0 Å². The fourth-order valence-corrected chi connectivity index (χ4v) is 2.60. The lowest BCUT2D eigenvalue weighted by Crippen LogP contribution is -2.36. The minimum atomic E-state index is 0.888. The first kappa shape index (κ1) is 13.3. The quantitative estimate of drug-likeness (QED) is 0.907. The molecule has 2 aromatic rings. The average molecular weight is 271 g/mol. The predicted molar refractivity (Wildman–Crippen MR) is 79.6 cm³/mol. The lowest BCUT2D eigenvalue weighted by Gasteiger charge is -2.26. The average Bonchev–Trinajstić information content (AvgIpc) is 3.03. The number of aromatic nitrogens is 2. The van der Waals surface area contributed by atoms with Gasteiger partial charge in [0.2, 0.25) is 0 Å². The highest BCUT2D eigenvalue weighted by Gasteiger charge is 2.09. The molecule has 106 valence electrons. The molecule has 3 rings (SSSR count). The lowest BCUT2D eigenvalue weighted by atomic mass is 10.0. The van der Waals surface area contributed by atoms with Gasteiger partial charge in [0.05, 0.1) is 19.4 Å². The van der Waals surface area contributed by atoms with Gasteiger partial charge in [0.25, 0.3) is 0 Å². The fraction of sp³-hybridized carbons (Fsp3) is 0.438. The van der Waals surface area contributed by atoms with E-state index < -0.39 is 0 Å². The Labute approximate surface area is 119 Å². The summed E-state index contributed by atoms with van der Waals surface area (Å²) in [4.78, 5) is 2.49. The van der Waals surface area contributed by atoms with Crippen LogP contribution < -0.4 is 0 Å². The number of aromatic amines is 1. The zero-order valence-electron chi connectivity index (χ0n) is 11.7. The number of benzene rings is 1. The molecule has 0 radical (unpaired) electrons. The van der Waals surface area contributed by atoms with Gasteiger partial charge < -0.3 is 4.74 Å². The number of nitrogens with one attached hydrogen (secondary N) is 1. The van der Waals surface area contributed by atoms with Crippen LogP contribution in [0, 0.1) is 0 Å². The number of nitrogens with zero attached hydrogens (tertiary/aromatic N) is 2. The van der Waals surface area contributed by atoms with Gasteiger partial charge in [-0.25, -0.2) is 0 Å². The van der Waals surface area contributed by atoms with Crippen LogP contribution in [-0.2, 0) is 11.2 Å². The molecule has 0 amide bonds. The second-order valence-corrected chi connectivity index (χ2v) is 5.24. The number of morpholine rings is 1. The molecule has 1 aliphatic heterocycles. The summed E-state index contributed by atoms with van der Waals surface area (Å²) in [6.45, 7) is 5.12. The molecule has 0 saturated carbocycles. The highest BCUT2D eigenvalue weighted by molar-refractivity contribution is 5.61. The van der Waals surface area contributed by atoms with Crippen LogP contribution in [0.4, 0.5) is 0 Å². The normalized spacial score (nSPS) is 16.4. The SMILES string of the molecule is c1cc(-c2cn[nH]c2)ccc1CCCN1CCOCC1. The maximum atomic E-state index is 5.36.